The minimum absolute atomic E-state index is 0.503. The first kappa shape index (κ1) is 10.4. The molecule has 4 heteroatoms. The Hall–Kier alpha value is -1.13. The maximum absolute atomic E-state index is 10.3. The average molecular weight is 207 g/mol. The van der Waals surface area contributed by atoms with E-state index >= 15 is 0 Å². The van der Waals surface area contributed by atoms with Crippen LogP contribution in [-0.4, -0.2) is 28.4 Å². The predicted octanol–water partition coefficient (Wildman–Crippen LogP) is 0.0821. The van der Waals surface area contributed by atoms with Crippen LogP contribution in [0.5, 0.6) is 0 Å². The van der Waals surface area contributed by atoms with Gasteiger partial charge in [-0.2, -0.15) is 0 Å². The van der Waals surface area contributed by atoms with Crippen molar-refractivity contribution in [1.29, 1.82) is 5.41 Å². The van der Waals surface area contributed by atoms with Crippen LogP contribution in [0.15, 0.2) is 24.5 Å². The quantitative estimate of drug-likeness (QED) is 0.643. The molecule has 0 bridgehead atoms. The number of piperidine rings is 1. The highest BCUT2D eigenvalue weighted by Crippen LogP contribution is 2.19. The standard InChI is InChI=1S/C11H17N3O/c12-10-1-7-14(8-2-10)9-11(15)3-5-13-6-4-11/h1-2,7-8,12-13,15H,3-6,9H2. The maximum Gasteiger partial charge on any atom is 0.0849 e. The Balaban J connectivity index is 2.06. The number of hydrogen-bond acceptors (Lipinski definition) is 3. The minimum Gasteiger partial charge on any atom is -0.388 e. The van der Waals surface area contributed by atoms with Crippen molar-refractivity contribution in [2.45, 2.75) is 25.0 Å². The zero-order valence-corrected chi connectivity index (χ0v) is 8.74. The van der Waals surface area contributed by atoms with Crippen molar-refractivity contribution < 1.29 is 5.11 Å². The molecule has 2 rings (SSSR count). The molecular formula is C11H17N3O. The maximum atomic E-state index is 10.3. The molecule has 1 aromatic rings. The molecule has 0 radical (unpaired) electrons. The number of hydrogen-bond donors (Lipinski definition) is 3. The van der Waals surface area contributed by atoms with Gasteiger partial charge in [0, 0.05) is 12.4 Å². The molecule has 0 saturated carbocycles. The topological polar surface area (TPSA) is 61.0 Å². The van der Waals surface area contributed by atoms with Gasteiger partial charge < -0.3 is 20.4 Å². The first-order valence-electron chi connectivity index (χ1n) is 5.32. The Morgan fingerprint density at radius 3 is 2.53 bits per heavy atom. The van der Waals surface area contributed by atoms with Crippen LogP contribution in [-0.2, 0) is 6.54 Å². The molecule has 82 valence electrons. The molecule has 15 heavy (non-hydrogen) atoms. The van der Waals surface area contributed by atoms with E-state index in [9.17, 15) is 5.11 Å². The van der Waals surface area contributed by atoms with Crippen LogP contribution in [0.25, 0.3) is 0 Å². The molecule has 2 heterocycles. The SMILES string of the molecule is N=c1ccn(CC2(O)CCNCC2)cc1. The second kappa shape index (κ2) is 4.16. The van der Waals surface area contributed by atoms with E-state index in [2.05, 4.69) is 5.32 Å². The van der Waals surface area contributed by atoms with Crippen LogP contribution >= 0.6 is 0 Å². The van der Waals surface area contributed by atoms with Crippen molar-refractivity contribution in [3.05, 3.63) is 29.9 Å². The third kappa shape index (κ3) is 2.67. The minimum atomic E-state index is -0.584. The molecule has 0 spiro atoms. The van der Waals surface area contributed by atoms with E-state index in [1.54, 1.807) is 12.1 Å². The molecule has 0 aromatic carbocycles. The van der Waals surface area contributed by atoms with E-state index in [0.717, 1.165) is 25.9 Å². The summed E-state index contributed by atoms with van der Waals surface area (Å²) in [6.07, 6.45) is 5.29. The molecule has 0 atom stereocenters. The highest BCUT2D eigenvalue weighted by molar-refractivity contribution is 4.94. The molecule has 4 nitrogen and oxygen atoms in total. The van der Waals surface area contributed by atoms with Gasteiger partial charge in [-0.05, 0) is 38.1 Å². The molecule has 0 unspecified atom stereocenters. The fourth-order valence-electron chi connectivity index (χ4n) is 1.95. The van der Waals surface area contributed by atoms with Crippen LogP contribution in [0.4, 0.5) is 0 Å². The molecule has 1 aromatic heterocycles. The molecule has 1 aliphatic rings. The van der Waals surface area contributed by atoms with E-state index in [1.165, 1.54) is 0 Å². The highest BCUT2D eigenvalue weighted by Gasteiger charge is 2.28. The number of aliphatic hydroxyl groups is 1. The Kier molecular flexibility index (Phi) is 2.88. The molecule has 0 aliphatic carbocycles. The fourth-order valence-corrected chi connectivity index (χ4v) is 1.95. The lowest BCUT2D eigenvalue weighted by Crippen LogP contribution is -2.44. The van der Waals surface area contributed by atoms with Crippen molar-refractivity contribution in [1.82, 2.24) is 9.88 Å². The van der Waals surface area contributed by atoms with Crippen LogP contribution in [0.1, 0.15) is 12.8 Å². The highest BCUT2D eigenvalue weighted by atomic mass is 16.3. The lowest BCUT2D eigenvalue weighted by atomic mass is 9.92. The summed E-state index contributed by atoms with van der Waals surface area (Å²) in [5.41, 5.74) is -0.584. The van der Waals surface area contributed by atoms with Crippen molar-refractivity contribution in [3.63, 3.8) is 0 Å². The summed E-state index contributed by atoms with van der Waals surface area (Å²) in [7, 11) is 0. The summed E-state index contributed by atoms with van der Waals surface area (Å²) in [4.78, 5) is 0. The van der Waals surface area contributed by atoms with E-state index in [1.807, 2.05) is 17.0 Å². The van der Waals surface area contributed by atoms with Crippen LogP contribution in [0.2, 0.25) is 0 Å². The summed E-state index contributed by atoms with van der Waals surface area (Å²) in [5.74, 6) is 0. The number of nitrogens with one attached hydrogen (secondary N) is 2. The molecule has 1 fully saturated rings. The van der Waals surface area contributed by atoms with Gasteiger partial charge >= 0.3 is 0 Å². The van der Waals surface area contributed by atoms with Crippen LogP contribution < -0.4 is 10.7 Å². The second-order valence-corrected chi connectivity index (χ2v) is 4.23. The number of pyridine rings is 1. The number of aromatic nitrogens is 1. The Labute approximate surface area is 89.1 Å². The lowest BCUT2D eigenvalue weighted by molar-refractivity contribution is -0.00548. The van der Waals surface area contributed by atoms with Gasteiger partial charge in [0.1, 0.15) is 0 Å². The predicted molar refractivity (Wildman–Crippen MR) is 57.3 cm³/mol. The van der Waals surface area contributed by atoms with E-state index in [0.29, 0.717) is 11.9 Å². The molecule has 1 aliphatic heterocycles. The third-order valence-electron chi connectivity index (χ3n) is 2.90. The number of rotatable bonds is 2. The van der Waals surface area contributed by atoms with Crippen molar-refractivity contribution in [2.24, 2.45) is 0 Å². The van der Waals surface area contributed by atoms with Gasteiger partial charge in [0.2, 0.25) is 0 Å². The first-order chi connectivity index (χ1) is 7.18. The Morgan fingerprint density at radius 2 is 1.93 bits per heavy atom. The summed E-state index contributed by atoms with van der Waals surface area (Å²) < 4.78 is 1.95. The average Bonchev–Trinajstić information content (AvgIpc) is 2.22. The van der Waals surface area contributed by atoms with Crippen LogP contribution in [0.3, 0.4) is 0 Å². The van der Waals surface area contributed by atoms with E-state index < -0.39 is 5.60 Å². The smallest absolute Gasteiger partial charge is 0.0849 e. The third-order valence-corrected chi connectivity index (χ3v) is 2.90. The largest absolute Gasteiger partial charge is 0.388 e. The Morgan fingerprint density at radius 1 is 1.33 bits per heavy atom. The zero-order valence-electron chi connectivity index (χ0n) is 8.74. The summed E-state index contributed by atoms with van der Waals surface area (Å²) >= 11 is 0. The van der Waals surface area contributed by atoms with Gasteiger partial charge in [0.25, 0.3) is 0 Å². The molecule has 1 saturated heterocycles. The lowest BCUT2D eigenvalue weighted by Gasteiger charge is -2.33. The van der Waals surface area contributed by atoms with Crippen molar-refractivity contribution >= 4 is 0 Å². The Bertz CT molecular complexity index is 359. The molecule has 0 amide bonds. The van der Waals surface area contributed by atoms with Gasteiger partial charge in [-0.25, -0.2) is 0 Å². The summed E-state index contributed by atoms with van der Waals surface area (Å²) in [6.45, 7) is 2.39. The molecule has 3 N–H and O–H groups in total. The van der Waals surface area contributed by atoms with Gasteiger partial charge in [-0.3, -0.25) is 0 Å². The zero-order chi connectivity index (χ0) is 10.7. The van der Waals surface area contributed by atoms with Crippen molar-refractivity contribution in [3.8, 4) is 0 Å². The first-order valence-corrected chi connectivity index (χ1v) is 5.32. The monoisotopic (exact) mass is 207 g/mol. The summed E-state index contributed by atoms with van der Waals surface area (Å²) in [6, 6.07) is 3.48. The fraction of sp³-hybridized carbons (Fsp3) is 0.545. The van der Waals surface area contributed by atoms with Crippen LogP contribution in [0, 0.1) is 5.41 Å². The van der Waals surface area contributed by atoms with Gasteiger partial charge in [-0.15, -0.1) is 0 Å². The van der Waals surface area contributed by atoms with E-state index in [-0.39, 0.29) is 0 Å². The van der Waals surface area contributed by atoms with Crippen molar-refractivity contribution in [2.75, 3.05) is 13.1 Å². The van der Waals surface area contributed by atoms with Gasteiger partial charge in [0.05, 0.1) is 17.5 Å². The molecular weight excluding hydrogens is 190 g/mol. The van der Waals surface area contributed by atoms with E-state index in [4.69, 9.17) is 5.41 Å². The summed E-state index contributed by atoms with van der Waals surface area (Å²) in [5, 5.41) is 21.4. The second-order valence-electron chi connectivity index (χ2n) is 4.23. The normalized spacial score (nSPS) is 20.1. The number of nitrogens with zero attached hydrogens (tertiary/aromatic N) is 1. The van der Waals surface area contributed by atoms with Gasteiger partial charge in [-0.1, -0.05) is 0 Å². The van der Waals surface area contributed by atoms with Gasteiger partial charge in [0.15, 0.2) is 0 Å².